The summed E-state index contributed by atoms with van der Waals surface area (Å²) in [7, 11) is 1.62. The van der Waals surface area contributed by atoms with Crippen LogP contribution in [0.2, 0.25) is 0 Å². The summed E-state index contributed by atoms with van der Waals surface area (Å²) < 4.78 is 17.0. The largest absolute Gasteiger partial charge is 0.497 e. The molecule has 2 N–H and O–H groups in total. The first-order valence-corrected chi connectivity index (χ1v) is 18.4. The van der Waals surface area contributed by atoms with Gasteiger partial charge in [0.25, 0.3) is 0 Å². The van der Waals surface area contributed by atoms with Gasteiger partial charge in [0.2, 0.25) is 11.8 Å². The molecule has 0 spiro atoms. The number of amides is 2. The number of carbonyl (C=O) groups is 2. The standard InChI is InChI=1S/C35H38N8O3S3/c1-46-25-12-10-24(11-13-25)36-35(47)37-28(34(45)43-22-20-42(21-23-43)33-27-7-3-5-9-30(27)49-39-33)14-15-31(44)40-16-18-41(19-17-40)32-26-6-2-4-8-29(26)48-38-32/h2-13,28H,14-23H2,1H3,(H2,36,37,47). The van der Waals surface area contributed by atoms with Gasteiger partial charge in [0, 0.05) is 75.2 Å². The molecule has 14 heteroatoms. The SMILES string of the molecule is COc1ccc(NC(=S)NC(CCC(=O)N2CCN(c3nsc4ccccc34)CC2)C(=O)N2CCN(c3nsc4ccccc34)CC2)cc1. The van der Waals surface area contributed by atoms with E-state index >= 15 is 0 Å². The topological polar surface area (TPSA) is 106 Å². The molecule has 0 aliphatic carbocycles. The van der Waals surface area contributed by atoms with Gasteiger partial charge in [0.1, 0.15) is 23.4 Å². The lowest BCUT2D eigenvalue weighted by molar-refractivity contribution is -0.134. The first-order valence-electron chi connectivity index (χ1n) is 16.4. The van der Waals surface area contributed by atoms with Crippen LogP contribution < -0.4 is 25.2 Å². The second-order valence-corrected chi connectivity index (χ2v) is 14.1. The van der Waals surface area contributed by atoms with Crippen molar-refractivity contribution in [1.29, 1.82) is 0 Å². The molecule has 0 bridgehead atoms. The predicted octanol–water partition coefficient (Wildman–Crippen LogP) is 5.05. The Labute approximate surface area is 298 Å². The summed E-state index contributed by atoms with van der Waals surface area (Å²) in [4.78, 5) is 35.8. The number of fused-ring (bicyclic) bond motifs is 2. The smallest absolute Gasteiger partial charge is 0.245 e. The lowest BCUT2D eigenvalue weighted by Crippen LogP contribution is -2.56. The monoisotopic (exact) mass is 714 g/mol. The fourth-order valence-corrected chi connectivity index (χ4v) is 8.26. The van der Waals surface area contributed by atoms with Gasteiger partial charge in [-0.15, -0.1) is 0 Å². The van der Waals surface area contributed by atoms with Crippen molar-refractivity contribution >= 4 is 89.7 Å². The molecule has 4 heterocycles. The number of rotatable bonds is 9. The number of carbonyl (C=O) groups excluding carboxylic acids is 2. The van der Waals surface area contributed by atoms with Gasteiger partial charge >= 0.3 is 0 Å². The zero-order valence-electron chi connectivity index (χ0n) is 27.2. The maximum atomic E-state index is 14.0. The highest BCUT2D eigenvalue weighted by Gasteiger charge is 2.31. The Morgan fingerprint density at radius 1 is 0.776 bits per heavy atom. The fraction of sp³-hybridized carbons (Fsp3) is 0.343. The van der Waals surface area contributed by atoms with Crippen LogP contribution in [0.4, 0.5) is 17.3 Å². The zero-order chi connectivity index (χ0) is 33.7. The van der Waals surface area contributed by atoms with E-state index in [0.717, 1.165) is 43.2 Å². The summed E-state index contributed by atoms with van der Waals surface area (Å²) >= 11 is 8.66. The summed E-state index contributed by atoms with van der Waals surface area (Å²) in [5.74, 6) is 2.68. The van der Waals surface area contributed by atoms with Crippen molar-refractivity contribution in [2.24, 2.45) is 0 Å². The number of nitrogens with one attached hydrogen (secondary N) is 2. The Balaban J connectivity index is 0.978. The van der Waals surface area contributed by atoms with Crippen LogP contribution in [-0.2, 0) is 9.59 Å². The highest BCUT2D eigenvalue weighted by Crippen LogP contribution is 2.31. The summed E-state index contributed by atoms with van der Waals surface area (Å²) in [6.45, 7) is 5.13. The minimum absolute atomic E-state index is 0.0386. The van der Waals surface area contributed by atoms with Crippen LogP contribution in [0.3, 0.4) is 0 Å². The van der Waals surface area contributed by atoms with E-state index in [1.165, 1.54) is 23.1 Å². The van der Waals surface area contributed by atoms with Crippen LogP contribution in [-0.4, -0.2) is 101 Å². The van der Waals surface area contributed by atoms with Crippen molar-refractivity contribution in [3.63, 3.8) is 0 Å². The highest BCUT2D eigenvalue weighted by molar-refractivity contribution is 7.80. The number of ether oxygens (including phenoxy) is 1. The molecular formula is C35H38N8O3S3. The zero-order valence-corrected chi connectivity index (χ0v) is 29.7. The number of aromatic nitrogens is 2. The number of benzene rings is 3. The molecule has 1 atom stereocenters. The molecule has 0 saturated carbocycles. The molecule has 5 aromatic rings. The van der Waals surface area contributed by atoms with Crippen LogP contribution >= 0.6 is 35.3 Å². The average Bonchev–Trinajstić information content (AvgIpc) is 3.78. The Hall–Kier alpha value is -4.53. The molecule has 11 nitrogen and oxygen atoms in total. The van der Waals surface area contributed by atoms with Gasteiger partial charge in [0.15, 0.2) is 5.11 Å². The molecule has 2 aliphatic rings. The fourth-order valence-electron chi connectivity index (χ4n) is 6.41. The van der Waals surface area contributed by atoms with Gasteiger partial charge in [-0.2, -0.15) is 8.75 Å². The van der Waals surface area contributed by atoms with Crippen molar-refractivity contribution in [3.05, 3.63) is 72.8 Å². The quantitative estimate of drug-likeness (QED) is 0.202. The van der Waals surface area contributed by atoms with Crippen molar-refractivity contribution in [2.75, 3.05) is 74.6 Å². The summed E-state index contributed by atoms with van der Waals surface area (Å²) in [6, 6.07) is 23.2. The third-order valence-electron chi connectivity index (χ3n) is 9.14. The minimum Gasteiger partial charge on any atom is -0.497 e. The molecule has 2 saturated heterocycles. The van der Waals surface area contributed by atoms with Gasteiger partial charge in [-0.05, 0) is 90.2 Å². The van der Waals surface area contributed by atoms with E-state index in [-0.39, 0.29) is 18.2 Å². The van der Waals surface area contributed by atoms with E-state index in [1.54, 1.807) is 7.11 Å². The number of nitrogens with zero attached hydrogens (tertiary/aromatic N) is 6. The van der Waals surface area contributed by atoms with Gasteiger partial charge in [0.05, 0.1) is 16.5 Å². The second kappa shape index (κ2) is 14.9. The van der Waals surface area contributed by atoms with Gasteiger partial charge in [-0.1, -0.05) is 24.3 Å². The number of hydrogen-bond acceptors (Lipinski definition) is 10. The third kappa shape index (κ3) is 7.41. The van der Waals surface area contributed by atoms with Crippen molar-refractivity contribution in [3.8, 4) is 5.75 Å². The molecule has 254 valence electrons. The van der Waals surface area contributed by atoms with Crippen molar-refractivity contribution < 1.29 is 14.3 Å². The molecule has 49 heavy (non-hydrogen) atoms. The van der Waals surface area contributed by atoms with Gasteiger partial charge in [-0.3, -0.25) is 9.59 Å². The molecular weight excluding hydrogens is 677 g/mol. The van der Waals surface area contributed by atoms with E-state index in [0.29, 0.717) is 63.9 Å². The summed E-state index contributed by atoms with van der Waals surface area (Å²) in [5, 5.41) is 9.04. The number of piperazine rings is 2. The van der Waals surface area contributed by atoms with Crippen molar-refractivity contribution in [2.45, 2.75) is 18.9 Å². The molecule has 2 amide bonds. The van der Waals surface area contributed by atoms with Crippen LogP contribution in [0.1, 0.15) is 12.8 Å². The van der Waals surface area contributed by atoms with E-state index in [9.17, 15) is 9.59 Å². The molecule has 2 aliphatic heterocycles. The Morgan fingerprint density at radius 2 is 1.31 bits per heavy atom. The molecule has 2 aromatic heterocycles. The Morgan fingerprint density at radius 3 is 1.86 bits per heavy atom. The Kier molecular flexibility index (Phi) is 10.1. The third-order valence-corrected chi connectivity index (χ3v) is 11.0. The molecule has 2 fully saturated rings. The lowest BCUT2D eigenvalue weighted by atomic mass is 10.1. The molecule has 3 aromatic carbocycles. The maximum absolute atomic E-state index is 14.0. The second-order valence-electron chi connectivity index (χ2n) is 12.1. The number of methoxy groups -OCH3 is 1. The number of anilines is 3. The first-order chi connectivity index (χ1) is 24.0. The maximum Gasteiger partial charge on any atom is 0.245 e. The lowest BCUT2D eigenvalue weighted by Gasteiger charge is -2.37. The molecule has 7 rings (SSSR count). The number of thiocarbonyl (C=S) groups is 1. The van der Waals surface area contributed by atoms with E-state index in [4.69, 9.17) is 25.7 Å². The van der Waals surface area contributed by atoms with Crippen LogP contribution in [0, 0.1) is 0 Å². The van der Waals surface area contributed by atoms with E-state index in [1.807, 2.05) is 58.3 Å². The molecule has 1 unspecified atom stereocenters. The predicted molar refractivity (Wildman–Crippen MR) is 202 cm³/mol. The van der Waals surface area contributed by atoms with Crippen LogP contribution in [0.25, 0.3) is 20.2 Å². The van der Waals surface area contributed by atoms with Gasteiger partial charge in [-0.25, -0.2) is 0 Å². The average molecular weight is 715 g/mol. The van der Waals surface area contributed by atoms with E-state index < -0.39 is 6.04 Å². The highest BCUT2D eigenvalue weighted by atomic mass is 32.1. The Bertz CT molecular complexity index is 1930. The minimum atomic E-state index is -0.656. The van der Waals surface area contributed by atoms with Crippen molar-refractivity contribution in [1.82, 2.24) is 23.9 Å². The summed E-state index contributed by atoms with van der Waals surface area (Å²) in [5.41, 5.74) is 0.774. The van der Waals surface area contributed by atoms with Crippen LogP contribution in [0.15, 0.2) is 72.8 Å². The van der Waals surface area contributed by atoms with Gasteiger partial charge < -0.3 is 35.0 Å². The van der Waals surface area contributed by atoms with Crippen LogP contribution in [0.5, 0.6) is 5.75 Å². The van der Waals surface area contributed by atoms with E-state index in [2.05, 4.69) is 44.7 Å². The molecule has 0 radical (unpaired) electrons. The first kappa shape index (κ1) is 33.0. The summed E-state index contributed by atoms with van der Waals surface area (Å²) in [6.07, 6.45) is 0.564. The normalized spacial score (nSPS) is 15.8. The number of hydrogen-bond donors (Lipinski definition) is 2.